The Morgan fingerprint density at radius 3 is 2.44 bits per heavy atom. The maximum absolute atomic E-state index is 11.8. The van der Waals surface area contributed by atoms with Crippen LogP contribution in [0.1, 0.15) is 59.3 Å². The molecule has 2 N–H and O–H groups in total. The number of aliphatic hydroxyl groups is 1. The lowest BCUT2D eigenvalue weighted by Crippen LogP contribution is -2.39. The Labute approximate surface area is 115 Å². The summed E-state index contributed by atoms with van der Waals surface area (Å²) in [6.07, 6.45) is 5.10. The molecular weight excluding hydrogens is 246 g/mol. The molecule has 3 nitrogen and oxygen atoms in total. The van der Waals surface area contributed by atoms with Gasteiger partial charge >= 0.3 is 0 Å². The summed E-state index contributed by atoms with van der Waals surface area (Å²) >= 11 is 1.84. The second-order valence-corrected chi connectivity index (χ2v) is 8.19. The van der Waals surface area contributed by atoms with Crippen LogP contribution in [0.4, 0.5) is 0 Å². The lowest BCUT2D eigenvalue weighted by Gasteiger charge is -2.31. The Morgan fingerprint density at radius 1 is 1.28 bits per heavy atom. The number of thioether (sulfide) groups is 1. The molecule has 1 saturated carbocycles. The molecule has 0 aromatic rings. The third-order valence-corrected chi connectivity index (χ3v) is 4.51. The predicted octanol–water partition coefficient (Wildman–Crippen LogP) is 2.72. The summed E-state index contributed by atoms with van der Waals surface area (Å²) in [4.78, 5) is 11.8. The van der Waals surface area contributed by atoms with Crippen molar-refractivity contribution < 1.29 is 9.90 Å². The number of hydrogen-bond acceptors (Lipinski definition) is 3. The van der Waals surface area contributed by atoms with Crippen molar-refractivity contribution in [1.82, 2.24) is 5.32 Å². The highest BCUT2D eigenvalue weighted by Crippen LogP contribution is 2.30. The average Bonchev–Trinajstić information content (AvgIpc) is 2.23. The zero-order valence-electron chi connectivity index (χ0n) is 11.9. The van der Waals surface area contributed by atoms with E-state index in [4.69, 9.17) is 0 Å². The smallest absolute Gasteiger partial charge is 0.222 e. The van der Waals surface area contributed by atoms with Gasteiger partial charge in [0.05, 0.1) is 12.0 Å². The summed E-state index contributed by atoms with van der Waals surface area (Å²) < 4.78 is 0.242. The van der Waals surface area contributed by atoms with Crippen molar-refractivity contribution in [3.63, 3.8) is 0 Å². The van der Waals surface area contributed by atoms with Crippen LogP contribution in [0.25, 0.3) is 0 Å². The highest BCUT2D eigenvalue weighted by molar-refractivity contribution is 8.00. The molecule has 1 rings (SSSR count). The quantitative estimate of drug-likeness (QED) is 0.757. The molecule has 0 radical (unpaired) electrons. The van der Waals surface area contributed by atoms with Gasteiger partial charge in [-0.05, 0) is 12.8 Å². The van der Waals surface area contributed by atoms with Crippen LogP contribution in [0.2, 0.25) is 0 Å². The molecule has 1 aliphatic carbocycles. The first-order valence-electron chi connectivity index (χ1n) is 6.94. The fourth-order valence-electron chi connectivity index (χ4n) is 2.30. The van der Waals surface area contributed by atoms with Crippen molar-refractivity contribution in [1.29, 1.82) is 0 Å². The molecule has 0 aliphatic heterocycles. The summed E-state index contributed by atoms with van der Waals surface area (Å²) in [5.41, 5.74) is -0.737. The molecular formula is C14H27NO2S. The SMILES string of the molecule is CC(C)(C)SCCNC(=O)CC1(O)CCCCC1. The van der Waals surface area contributed by atoms with E-state index in [1.165, 1.54) is 6.42 Å². The second-order valence-electron chi connectivity index (χ2n) is 6.27. The standard InChI is InChI=1S/C14H27NO2S/c1-13(2,3)18-10-9-15-12(16)11-14(17)7-5-4-6-8-14/h17H,4-11H2,1-3H3,(H,15,16). The lowest BCUT2D eigenvalue weighted by molar-refractivity contribution is -0.127. The molecule has 0 saturated heterocycles. The van der Waals surface area contributed by atoms with Gasteiger partial charge in [0.25, 0.3) is 0 Å². The second kappa shape index (κ2) is 6.80. The number of nitrogens with one attached hydrogen (secondary N) is 1. The summed E-state index contributed by atoms with van der Waals surface area (Å²) in [6.45, 7) is 7.20. The van der Waals surface area contributed by atoms with E-state index in [0.29, 0.717) is 6.54 Å². The van der Waals surface area contributed by atoms with Gasteiger partial charge in [-0.3, -0.25) is 4.79 Å². The fourth-order valence-corrected chi connectivity index (χ4v) is 3.11. The molecule has 18 heavy (non-hydrogen) atoms. The highest BCUT2D eigenvalue weighted by atomic mass is 32.2. The maximum atomic E-state index is 11.8. The van der Waals surface area contributed by atoms with Gasteiger partial charge in [0.15, 0.2) is 0 Å². The first kappa shape index (κ1) is 15.8. The van der Waals surface area contributed by atoms with Crippen LogP contribution in [0.3, 0.4) is 0 Å². The van der Waals surface area contributed by atoms with Gasteiger partial charge in [-0.15, -0.1) is 0 Å². The Kier molecular flexibility index (Phi) is 5.99. The minimum Gasteiger partial charge on any atom is -0.389 e. The van der Waals surface area contributed by atoms with E-state index in [1.807, 2.05) is 11.8 Å². The van der Waals surface area contributed by atoms with Gasteiger partial charge in [0, 0.05) is 17.0 Å². The Hall–Kier alpha value is -0.220. The van der Waals surface area contributed by atoms with E-state index in [2.05, 4.69) is 26.1 Å². The minimum atomic E-state index is -0.737. The molecule has 0 aromatic heterocycles. The molecule has 0 unspecified atom stereocenters. The Balaban J connectivity index is 2.17. The van der Waals surface area contributed by atoms with Gasteiger partial charge in [0.1, 0.15) is 0 Å². The molecule has 0 atom stereocenters. The van der Waals surface area contributed by atoms with Crippen LogP contribution in [0.15, 0.2) is 0 Å². The topological polar surface area (TPSA) is 49.3 Å². The largest absolute Gasteiger partial charge is 0.389 e. The van der Waals surface area contributed by atoms with Gasteiger partial charge in [0.2, 0.25) is 5.91 Å². The summed E-state index contributed by atoms with van der Waals surface area (Å²) in [5.74, 6) is 0.919. The molecule has 1 fully saturated rings. The molecule has 0 spiro atoms. The lowest BCUT2D eigenvalue weighted by atomic mass is 9.82. The average molecular weight is 273 g/mol. The van der Waals surface area contributed by atoms with E-state index >= 15 is 0 Å². The van der Waals surface area contributed by atoms with Gasteiger partial charge in [-0.1, -0.05) is 40.0 Å². The van der Waals surface area contributed by atoms with Crippen molar-refractivity contribution in [2.24, 2.45) is 0 Å². The van der Waals surface area contributed by atoms with Crippen LogP contribution in [-0.2, 0) is 4.79 Å². The van der Waals surface area contributed by atoms with Gasteiger partial charge < -0.3 is 10.4 Å². The fraction of sp³-hybridized carbons (Fsp3) is 0.929. The van der Waals surface area contributed by atoms with Gasteiger partial charge in [-0.2, -0.15) is 11.8 Å². The van der Waals surface area contributed by atoms with E-state index < -0.39 is 5.60 Å². The number of rotatable bonds is 5. The van der Waals surface area contributed by atoms with Crippen LogP contribution in [0.5, 0.6) is 0 Å². The number of carbonyl (C=O) groups excluding carboxylic acids is 1. The first-order chi connectivity index (χ1) is 8.31. The highest BCUT2D eigenvalue weighted by Gasteiger charge is 2.31. The molecule has 0 aromatic carbocycles. The van der Waals surface area contributed by atoms with E-state index in [1.54, 1.807) is 0 Å². The van der Waals surface area contributed by atoms with E-state index in [0.717, 1.165) is 31.4 Å². The van der Waals surface area contributed by atoms with Crippen molar-refractivity contribution in [2.75, 3.05) is 12.3 Å². The number of carbonyl (C=O) groups is 1. The summed E-state index contributed by atoms with van der Waals surface area (Å²) in [5, 5.41) is 13.2. The summed E-state index contributed by atoms with van der Waals surface area (Å²) in [6, 6.07) is 0. The van der Waals surface area contributed by atoms with Crippen molar-refractivity contribution in [3.05, 3.63) is 0 Å². The molecule has 0 heterocycles. The Bertz CT molecular complexity index is 267. The van der Waals surface area contributed by atoms with Crippen LogP contribution >= 0.6 is 11.8 Å². The molecule has 1 aliphatic rings. The number of amides is 1. The van der Waals surface area contributed by atoms with Crippen molar-refractivity contribution in [3.8, 4) is 0 Å². The first-order valence-corrected chi connectivity index (χ1v) is 7.92. The van der Waals surface area contributed by atoms with Crippen molar-refractivity contribution in [2.45, 2.75) is 69.6 Å². The van der Waals surface area contributed by atoms with Crippen LogP contribution < -0.4 is 5.32 Å². The van der Waals surface area contributed by atoms with Gasteiger partial charge in [-0.25, -0.2) is 0 Å². The van der Waals surface area contributed by atoms with E-state index in [-0.39, 0.29) is 17.1 Å². The maximum Gasteiger partial charge on any atom is 0.222 e. The number of hydrogen-bond donors (Lipinski definition) is 2. The van der Waals surface area contributed by atoms with Crippen LogP contribution in [-0.4, -0.2) is 33.7 Å². The third kappa shape index (κ3) is 6.64. The van der Waals surface area contributed by atoms with Crippen molar-refractivity contribution >= 4 is 17.7 Å². The minimum absolute atomic E-state index is 0.00564. The Morgan fingerprint density at radius 2 is 1.89 bits per heavy atom. The molecule has 106 valence electrons. The molecule has 0 bridgehead atoms. The molecule has 1 amide bonds. The zero-order chi connectivity index (χ0) is 13.6. The third-order valence-electron chi connectivity index (χ3n) is 3.23. The molecule has 4 heteroatoms. The van der Waals surface area contributed by atoms with E-state index in [9.17, 15) is 9.90 Å². The summed E-state index contributed by atoms with van der Waals surface area (Å²) in [7, 11) is 0. The van der Waals surface area contributed by atoms with Crippen LogP contribution in [0, 0.1) is 0 Å². The normalized spacial score (nSPS) is 19.6. The zero-order valence-corrected chi connectivity index (χ0v) is 12.7. The monoisotopic (exact) mass is 273 g/mol. The predicted molar refractivity (Wildman–Crippen MR) is 77.9 cm³/mol.